The molecule has 1 aliphatic heterocycles. The smallest absolute Gasteiger partial charge is 0.234 e. The van der Waals surface area contributed by atoms with E-state index in [2.05, 4.69) is 44.8 Å². The van der Waals surface area contributed by atoms with Crippen molar-refractivity contribution in [1.82, 2.24) is 15.3 Å². The monoisotopic (exact) mass is 513 g/mol. The van der Waals surface area contributed by atoms with Crippen LogP contribution in [0, 0.1) is 5.82 Å². The van der Waals surface area contributed by atoms with Gasteiger partial charge < -0.3 is 20.3 Å². The van der Waals surface area contributed by atoms with E-state index in [0.29, 0.717) is 29.2 Å². The minimum atomic E-state index is -0.223. The summed E-state index contributed by atoms with van der Waals surface area (Å²) in [5, 5.41) is 6.76. The SMILES string of the molecule is Fc1ccc(CCCNC(=S)Nc2nc(Oc3ccccc3)cc(N3CCc4ccccc4C3)n2)cc1. The third-order valence-electron chi connectivity index (χ3n) is 6.18. The van der Waals surface area contributed by atoms with Crippen LogP contribution in [0.2, 0.25) is 0 Å². The number of nitrogens with zero attached hydrogens (tertiary/aromatic N) is 3. The minimum Gasteiger partial charge on any atom is -0.439 e. The van der Waals surface area contributed by atoms with Crippen molar-refractivity contribution in [3.05, 3.63) is 107 Å². The quantitative estimate of drug-likeness (QED) is 0.225. The largest absolute Gasteiger partial charge is 0.439 e. The second-order valence-corrected chi connectivity index (χ2v) is 9.26. The molecule has 2 N–H and O–H groups in total. The fraction of sp³-hybridized carbons (Fsp3) is 0.207. The number of nitrogens with one attached hydrogen (secondary N) is 2. The molecule has 0 spiro atoms. The summed E-state index contributed by atoms with van der Waals surface area (Å²) in [5.41, 5.74) is 3.76. The maximum absolute atomic E-state index is 13.1. The average molecular weight is 514 g/mol. The van der Waals surface area contributed by atoms with Crippen LogP contribution in [-0.2, 0) is 19.4 Å². The van der Waals surface area contributed by atoms with Gasteiger partial charge in [0, 0.05) is 25.7 Å². The van der Waals surface area contributed by atoms with Gasteiger partial charge in [0.2, 0.25) is 11.8 Å². The van der Waals surface area contributed by atoms with Gasteiger partial charge in [0.05, 0.1) is 0 Å². The number of benzene rings is 3. The lowest BCUT2D eigenvalue weighted by molar-refractivity contribution is 0.462. The second-order valence-electron chi connectivity index (χ2n) is 8.85. The highest BCUT2D eigenvalue weighted by Gasteiger charge is 2.19. The zero-order valence-corrected chi connectivity index (χ0v) is 21.2. The Morgan fingerprint density at radius 3 is 2.51 bits per heavy atom. The predicted octanol–water partition coefficient (Wildman–Crippen LogP) is 5.89. The summed E-state index contributed by atoms with van der Waals surface area (Å²) in [6, 6.07) is 26.5. The molecular weight excluding hydrogens is 485 g/mol. The Balaban J connectivity index is 1.26. The number of thiocarbonyl (C=S) groups is 1. The van der Waals surface area contributed by atoms with Gasteiger partial charge in [-0.1, -0.05) is 54.6 Å². The highest BCUT2D eigenvalue weighted by Crippen LogP contribution is 2.28. The van der Waals surface area contributed by atoms with Crippen LogP contribution in [0.25, 0.3) is 0 Å². The Labute approximate surface area is 221 Å². The van der Waals surface area contributed by atoms with E-state index in [0.717, 1.165) is 43.7 Å². The van der Waals surface area contributed by atoms with Crippen LogP contribution in [-0.4, -0.2) is 28.2 Å². The number of rotatable bonds is 8. The Morgan fingerprint density at radius 2 is 1.70 bits per heavy atom. The summed E-state index contributed by atoms with van der Waals surface area (Å²) in [6.45, 7) is 2.28. The number of para-hydroxylation sites is 1. The van der Waals surface area contributed by atoms with E-state index < -0.39 is 0 Å². The van der Waals surface area contributed by atoms with Crippen LogP contribution >= 0.6 is 12.2 Å². The Hall–Kier alpha value is -4.04. The van der Waals surface area contributed by atoms with Crippen molar-refractivity contribution < 1.29 is 9.13 Å². The molecule has 3 aromatic carbocycles. The molecule has 4 aromatic rings. The summed E-state index contributed by atoms with van der Waals surface area (Å²) < 4.78 is 19.1. The standard InChI is InChI=1S/C29H28FN5OS/c30-24-14-12-21(13-15-24)7-6-17-31-29(37)34-28-32-26(19-27(33-28)36-25-10-2-1-3-11-25)35-18-16-22-8-4-5-9-23(22)20-35/h1-5,8-15,19H,6-7,16-18,20H2,(H2,31,32,33,34,37). The van der Waals surface area contributed by atoms with E-state index in [9.17, 15) is 4.39 Å². The van der Waals surface area contributed by atoms with Gasteiger partial charge >= 0.3 is 0 Å². The van der Waals surface area contributed by atoms with Crippen LogP contribution in [0.5, 0.6) is 11.6 Å². The average Bonchev–Trinajstić information content (AvgIpc) is 2.92. The molecular formula is C29H28FN5OS. The van der Waals surface area contributed by atoms with E-state index in [1.807, 2.05) is 36.4 Å². The van der Waals surface area contributed by atoms with Crippen molar-refractivity contribution in [2.24, 2.45) is 0 Å². The molecule has 0 bridgehead atoms. The van der Waals surface area contributed by atoms with Crippen molar-refractivity contribution >= 4 is 29.1 Å². The van der Waals surface area contributed by atoms with Crippen LogP contribution in [0.15, 0.2) is 84.9 Å². The molecule has 1 aliphatic rings. The van der Waals surface area contributed by atoms with Crippen molar-refractivity contribution in [3.8, 4) is 11.6 Å². The maximum atomic E-state index is 13.1. The number of halogens is 1. The highest BCUT2D eigenvalue weighted by molar-refractivity contribution is 7.80. The molecule has 1 aromatic heterocycles. The van der Waals surface area contributed by atoms with Crippen LogP contribution in [0.1, 0.15) is 23.1 Å². The number of hydrogen-bond donors (Lipinski definition) is 2. The first kappa shape index (κ1) is 24.6. The minimum absolute atomic E-state index is 0.223. The first-order chi connectivity index (χ1) is 18.1. The number of anilines is 2. The lowest BCUT2D eigenvalue weighted by Gasteiger charge is -2.30. The van der Waals surface area contributed by atoms with Crippen LogP contribution in [0.4, 0.5) is 16.2 Å². The van der Waals surface area contributed by atoms with Gasteiger partial charge in [-0.3, -0.25) is 0 Å². The maximum Gasteiger partial charge on any atom is 0.234 e. The van der Waals surface area contributed by atoms with Gasteiger partial charge in [-0.2, -0.15) is 9.97 Å². The fourth-order valence-electron chi connectivity index (χ4n) is 4.27. The Kier molecular flexibility index (Phi) is 7.86. The molecule has 0 aliphatic carbocycles. The number of ether oxygens (including phenoxy) is 1. The number of fused-ring (bicyclic) bond motifs is 1. The molecule has 5 rings (SSSR count). The number of aryl methyl sites for hydroxylation is 1. The molecule has 188 valence electrons. The molecule has 6 nitrogen and oxygen atoms in total. The Bertz CT molecular complexity index is 1350. The van der Waals surface area contributed by atoms with Crippen molar-refractivity contribution in [1.29, 1.82) is 0 Å². The van der Waals surface area contributed by atoms with E-state index in [1.165, 1.54) is 23.3 Å². The summed E-state index contributed by atoms with van der Waals surface area (Å²) in [6.07, 6.45) is 2.63. The van der Waals surface area contributed by atoms with Crippen molar-refractivity contribution in [2.45, 2.75) is 25.8 Å². The molecule has 0 unspecified atom stereocenters. The summed E-state index contributed by atoms with van der Waals surface area (Å²) in [5.74, 6) is 2.06. The molecule has 0 radical (unpaired) electrons. The molecule has 0 saturated heterocycles. The lowest BCUT2D eigenvalue weighted by Crippen LogP contribution is -2.32. The molecule has 0 atom stereocenters. The van der Waals surface area contributed by atoms with Crippen molar-refractivity contribution in [2.75, 3.05) is 23.3 Å². The third kappa shape index (κ3) is 6.80. The fourth-order valence-corrected chi connectivity index (χ4v) is 4.47. The Morgan fingerprint density at radius 1 is 0.946 bits per heavy atom. The molecule has 2 heterocycles. The number of hydrogen-bond acceptors (Lipinski definition) is 5. The van der Waals surface area contributed by atoms with Gasteiger partial charge in [-0.05, 0) is 72.4 Å². The zero-order chi connectivity index (χ0) is 25.5. The molecule has 0 fully saturated rings. The predicted molar refractivity (Wildman–Crippen MR) is 149 cm³/mol. The van der Waals surface area contributed by atoms with E-state index in [-0.39, 0.29) is 5.82 Å². The molecule has 0 saturated carbocycles. The van der Waals surface area contributed by atoms with Crippen molar-refractivity contribution in [3.63, 3.8) is 0 Å². The summed E-state index contributed by atoms with van der Waals surface area (Å²) in [4.78, 5) is 11.5. The van der Waals surface area contributed by atoms with E-state index in [4.69, 9.17) is 21.9 Å². The van der Waals surface area contributed by atoms with Gasteiger partial charge in [-0.15, -0.1) is 0 Å². The second kappa shape index (κ2) is 11.8. The van der Waals surface area contributed by atoms with E-state index in [1.54, 1.807) is 12.1 Å². The number of aromatic nitrogens is 2. The molecule has 37 heavy (non-hydrogen) atoms. The van der Waals surface area contributed by atoms with Crippen LogP contribution in [0.3, 0.4) is 0 Å². The zero-order valence-electron chi connectivity index (χ0n) is 20.4. The van der Waals surface area contributed by atoms with Gasteiger partial charge in [-0.25, -0.2) is 4.39 Å². The van der Waals surface area contributed by atoms with Gasteiger partial charge in [0.25, 0.3) is 0 Å². The molecule has 8 heteroatoms. The third-order valence-corrected chi connectivity index (χ3v) is 6.42. The normalized spacial score (nSPS) is 12.5. The highest BCUT2D eigenvalue weighted by atomic mass is 32.1. The van der Waals surface area contributed by atoms with Gasteiger partial charge in [0.15, 0.2) is 5.11 Å². The molecule has 0 amide bonds. The summed E-state index contributed by atoms with van der Waals surface area (Å²) >= 11 is 5.50. The van der Waals surface area contributed by atoms with Crippen LogP contribution < -0.4 is 20.3 Å². The topological polar surface area (TPSA) is 62.3 Å². The van der Waals surface area contributed by atoms with E-state index >= 15 is 0 Å². The lowest BCUT2D eigenvalue weighted by atomic mass is 10.00. The first-order valence-electron chi connectivity index (χ1n) is 12.4. The first-order valence-corrected chi connectivity index (χ1v) is 12.8. The van der Waals surface area contributed by atoms with Gasteiger partial charge in [0.1, 0.15) is 17.4 Å². The summed E-state index contributed by atoms with van der Waals surface area (Å²) in [7, 11) is 0.